The van der Waals surface area contributed by atoms with Crippen LogP contribution in [-0.2, 0) is 0 Å². The highest BCUT2D eigenvalue weighted by Crippen LogP contribution is 2.23. The van der Waals surface area contributed by atoms with E-state index >= 15 is 0 Å². The predicted octanol–water partition coefficient (Wildman–Crippen LogP) is 2.21. The Bertz CT molecular complexity index is 598. The van der Waals surface area contributed by atoms with Gasteiger partial charge in [0.2, 0.25) is 0 Å². The van der Waals surface area contributed by atoms with Crippen molar-refractivity contribution < 1.29 is 9.32 Å². The third-order valence-corrected chi connectivity index (χ3v) is 2.73. The first-order valence-corrected chi connectivity index (χ1v) is 5.67. The third kappa shape index (κ3) is 2.66. The van der Waals surface area contributed by atoms with E-state index in [0.717, 1.165) is 0 Å². The van der Waals surface area contributed by atoms with Crippen LogP contribution in [0.4, 0.5) is 5.69 Å². The van der Waals surface area contributed by atoms with E-state index in [-0.39, 0.29) is 10.7 Å². The summed E-state index contributed by atoms with van der Waals surface area (Å²) in [4.78, 5) is 12.0. The van der Waals surface area contributed by atoms with Crippen molar-refractivity contribution >= 4 is 40.4 Å². The van der Waals surface area contributed by atoms with E-state index in [0.29, 0.717) is 16.3 Å². The summed E-state index contributed by atoms with van der Waals surface area (Å²) in [7, 11) is 0. The molecule has 0 radical (unpaired) electrons. The zero-order chi connectivity index (χ0) is 13.1. The average Bonchev–Trinajstić information content (AvgIpc) is 2.85. The number of nitrogens with zero attached hydrogens (tertiary/aromatic N) is 1. The molecule has 1 aromatic carbocycles. The number of carbonyl (C=O) groups is 1. The molecule has 2 aromatic rings. The summed E-state index contributed by atoms with van der Waals surface area (Å²) in [5.41, 5.74) is 6.69. The normalized spacial score (nSPS) is 10.1. The number of rotatable bonds is 3. The molecule has 0 aliphatic carbocycles. The molecule has 1 aromatic heterocycles. The molecule has 0 saturated carbocycles. The molecule has 0 saturated heterocycles. The summed E-state index contributed by atoms with van der Waals surface area (Å²) in [6, 6.07) is 6.33. The molecule has 92 valence electrons. The number of benzene rings is 1. The summed E-state index contributed by atoms with van der Waals surface area (Å²) < 4.78 is 4.58. The fourth-order valence-corrected chi connectivity index (χ4v) is 1.58. The van der Waals surface area contributed by atoms with Crippen molar-refractivity contribution in [3.05, 3.63) is 46.8 Å². The maximum absolute atomic E-state index is 11.8. The van der Waals surface area contributed by atoms with Crippen LogP contribution in [0.15, 0.2) is 35.1 Å². The van der Waals surface area contributed by atoms with Crippen LogP contribution in [-0.4, -0.2) is 16.1 Å². The van der Waals surface area contributed by atoms with Crippen LogP contribution in [0.1, 0.15) is 16.1 Å². The van der Waals surface area contributed by atoms with Crippen molar-refractivity contribution in [1.82, 2.24) is 5.16 Å². The smallest absolute Gasteiger partial charge is 0.277 e. The van der Waals surface area contributed by atoms with Gasteiger partial charge in [0, 0.05) is 11.6 Å². The number of nitrogens with two attached hydrogens (primary N) is 1. The lowest BCUT2D eigenvalue weighted by Gasteiger charge is -2.07. The van der Waals surface area contributed by atoms with E-state index in [1.165, 1.54) is 12.3 Å². The minimum Gasteiger partial charge on any atom is -0.389 e. The van der Waals surface area contributed by atoms with Gasteiger partial charge in [-0.25, -0.2) is 0 Å². The zero-order valence-electron chi connectivity index (χ0n) is 9.01. The van der Waals surface area contributed by atoms with E-state index in [4.69, 9.17) is 29.6 Å². The molecule has 0 unspecified atom stereocenters. The molecule has 7 heteroatoms. The summed E-state index contributed by atoms with van der Waals surface area (Å²) in [5, 5.41) is 6.50. The van der Waals surface area contributed by atoms with Gasteiger partial charge in [0.15, 0.2) is 5.69 Å². The van der Waals surface area contributed by atoms with Crippen LogP contribution >= 0.6 is 23.8 Å². The van der Waals surface area contributed by atoms with Crippen molar-refractivity contribution in [2.45, 2.75) is 0 Å². The fourth-order valence-electron chi connectivity index (χ4n) is 1.29. The Morgan fingerprint density at radius 1 is 1.44 bits per heavy atom. The van der Waals surface area contributed by atoms with Crippen molar-refractivity contribution in [2.75, 3.05) is 5.32 Å². The van der Waals surface area contributed by atoms with Crippen LogP contribution in [0, 0.1) is 0 Å². The number of aromatic nitrogens is 1. The Morgan fingerprint density at radius 2 is 2.22 bits per heavy atom. The van der Waals surface area contributed by atoms with E-state index in [9.17, 15) is 4.79 Å². The fraction of sp³-hybridized carbons (Fsp3) is 0. The molecular weight excluding hydrogens is 274 g/mol. The molecule has 1 heterocycles. The predicted molar refractivity (Wildman–Crippen MR) is 71.8 cm³/mol. The van der Waals surface area contributed by atoms with Gasteiger partial charge in [-0.05, 0) is 12.1 Å². The molecule has 0 spiro atoms. The molecule has 18 heavy (non-hydrogen) atoms. The summed E-state index contributed by atoms with van der Waals surface area (Å²) >= 11 is 10.8. The van der Waals surface area contributed by atoms with Gasteiger partial charge in [-0.15, -0.1) is 0 Å². The minimum atomic E-state index is -0.425. The van der Waals surface area contributed by atoms with Gasteiger partial charge < -0.3 is 15.6 Å². The van der Waals surface area contributed by atoms with Crippen LogP contribution in [0.5, 0.6) is 0 Å². The molecule has 0 fully saturated rings. The maximum Gasteiger partial charge on any atom is 0.277 e. The number of hydrogen-bond acceptors (Lipinski definition) is 4. The first-order valence-electron chi connectivity index (χ1n) is 4.89. The van der Waals surface area contributed by atoms with Gasteiger partial charge in [-0.3, -0.25) is 4.79 Å². The topological polar surface area (TPSA) is 81.1 Å². The Hall–Kier alpha value is -1.92. The monoisotopic (exact) mass is 281 g/mol. The minimum absolute atomic E-state index is 0.159. The molecule has 0 atom stereocenters. The van der Waals surface area contributed by atoms with Gasteiger partial charge >= 0.3 is 0 Å². The Morgan fingerprint density at radius 3 is 2.83 bits per heavy atom. The second-order valence-electron chi connectivity index (χ2n) is 3.40. The maximum atomic E-state index is 11.8. The van der Waals surface area contributed by atoms with E-state index in [1.807, 2.05) is 0 Å². The van der Waals surface area contributed by atoms with Gasteiger partial charge in [0.1, 0.15) is 11.3 Å². The summed E-state index contributed by atoms with van der Waals surface area (Å²) in [6.07, 6.45) is 1.31. The molecule has 0 aliphatic rings. The second kappa shape index (κ2) is 5.16. The van der Waals surface area contributed by atoms with Crippen molar-refractivity contribution in [3.8, 4) is 0 Å². The molecule has 3 N–H and O–H groups in total. The van der Waals surface area contributed by atoms with Crippen molar-refractivity contribution in [2.24, 2.45) is 5.73 Å². The highest BCUT2D eigenvalue weighted by atomic mass is 35.5. The number of amides is 1. The number of halogens is 1. The van der Waals surface area contributed by atoms with E-state index < -0.39 is 5.91 Å². The summed E-state index contributed by atoms with van der Waals surface area (Å²) in [5.74, 6) is -0.425. The lowest BCUT2D eigenvalue weighted by atomic mass is 10.2. The molecule has 1 amide bonds. The molecule has 0 bridgehead atoms. The number of hydrogen-bond donors (Lipinski definition) is 2. The Labute approximate surface area is 113 Å². The molecule has 5 nitrogen and oxygen atoms in total. The number of anilines is 1. The zero-order valence-corrected chi connectivity index (χ0v) is 10.6. The van der Waals surface area contributed by atoms with Crippen LogP contribution in [0.2, 0.25) is 5.02 Å². The van der Waals surface area contributed by atoms with Gasteiger partial charge in [0.05, 0.1) is 10.7 Å². The number of thiocarbonyl (C=S) groups is 1. The number of nitrogens with one attached hydrogen (secondary N) is 1. The molecular formula is C11H8ClN3O2S. The average molecular weight is 282 g/mol. The SMILES string of the molecule is NC(=S)c1ccc(Cl)c(NC(=O)c2ccon2)c1. The number of carbonyl (C=O) groups excluding carboxylic acids is 1. The van der Waals surface area contributed by atoms with E-state index in [2.05, 4.69) is 15.0 Å². The lowest BCUT2D eigenvalue weighted by molar-refractivity contribution is 0.101. The quantitative estimate of drug-likeness (QED) is 0.843. The van der Waals surface area contributed by atoms with Crippen LogP contribution < -0.4 is 11.1 Å². The summed E-state index contributed by atoms with van der Waals surface area (Å²) in [6.45, 7) is 0. The van der Waals surface area contributed by atoms with Gasteiger partial charge in [-0.2, -0.15) is 0 Å². The van der Waals surface area contributed by atoms with Crippen molar-refractivity contribution in [3.63, 3.8) is 0 Å². The first kappa shape index (κ1) is 12.5. The van der Waals surface area contributed by atoms with Crippen molar-refractivity contribution in [1.29, 1.82) is 0 Å². The highest BCUT2D eigenvalue weighted by molar-refractivity contribution is 7.80. The van der Waals surface area contributed by atoms with Crippen LogP contribution in [0.3, 0.4) is 0 Å². The van der Waals surface area contributed by atoms with Crippen LogP contribution in [0.25, 0.3) is 0 Å². The Balaban J connectivity index is 2.26. The highest BCUT2D eigenvalue weighted by Gasteiger charge is 2.12. The lowest BCUT2D eigenvalue weighted by Crippen LogP contribution is -2.14. The molecule has 0 aliphatic heterocycles. The third-order valence-electron chi connectivity index (χ3n) is 2.17. The second-order valence-corrected chi connectivity index (χ2v) is 4.24. The van der Waals surface area contributed by atoms with Gasteiger partial charge in [0.25, 0.3) is 5.91 Å². The first-order chi connectivity index (χ1) is 8.58. The Kier molecular flexibility index (Phi) is 3.59. The molecule has 2 rings (SSSR count). The van der Waals surface area contributed by atoms with E-state index in [1.54, 1.807) is 18.2 Å². The van der Waals surface area contributed by atoms with Gasteiger partial charge in [-0.1, -0.05) is 35.0 Å². The standard InChI is InChI=1S/C11H8ClN3O2S/c12-7-2-1-6(10(13)18)5-9(7)14-11(16)8-3-4-17-15-8/h1-5H,(H2,13,18)(H,14,16). The largest absolute Gasteiger partial charge is 0.389 e.